The van der Waals surface area contributed by atoms with Crippen LogP contribution in [0.1, 0.15) is 77.1 Å². The minimum atomic E-state index is -1.08. The Bertz CT molecular complexity index is 1070. The normalized spacial score (nSPS) is 19.6. The summed E-state index contributed by atoms with van der Waals surface area (Å²) >= 11 is 0. The molecule has 8 nitrogen and oxygen atoms in total. The smallest absolute Gasteiger partial charge is 0.326 e. The maximum Gasteiger partial charge on any atom is 0.326 e. The molecule has 0 saturated heterocycles. The maximum absolute atomic E-state index is 12.8. The molecule has 2 N–H and O–H groups in total. The van der Waals surface area contributed by atoms with Gasteiger partial charge in [-0.2, -0.15) is 0 Å². The molecule has 8 heteroatoms. The number of methoxy groups -OCH3 is 1. The molecule has 2 aliphatic carbocycles. The highest BCUT2D eigenvalue weighted by atomic mass is 16.5. The third kappa shape index (κ3) is 6.40. The molecule has 194 valence electrons. The Labute approximate surface area is 212 Å². The van der Waals surface area contributed by atoms with Gasteiger partial charge >= 0.3 is 5.97 Å². The summed E-state index contributed by atoms with van der Waals surface area (Å²) in [5.41, 5.74) is 5.46. The van der Waals surface area contributed by atoms with Crippen LogP contribution in [0.15, 0.2) is 18.2 Å². The second kappa shape index (κ2) is 11.8. The van der Waals surface area contributed by atoms with Crippen LogP contribution in [0.25, 0.3) is 0 Å². The van der Waals surface area contributed by atoms with Gasteiger partial charge in [-0.05, 0) is 88.3 Å². The quantitative estimate of drug-likeness (QED) is 0.485. The second-order valence-electron chi connectivity index (χ2n) is 10.1. The lowest BCUT2D eigenvalue weighted by molar-refractivity contribution is -0.140. The van der Waals surface area contributed by atoms with Gasteiger partial charge in [0.25, 0.3) is 5.91 Å². The molecule has 1 fully saturated rings. The molecule has 0 spiro atoms. The number of carboxylic acids is 1. The third-order valence-electron chi connectivity index (χ3n) is 7.41. The molecule has 1 saturated carbocycles. The number of aryl methyl sites for hydroxylation is 5. The molecule has 2 aliphatic rings. The van der Waals surface area contributed by atoms with Crippen molar-refractivity contribution in [1.82, 2.24) is 15.3 Å². The standard InChI is InChI=1S/C28H37N3O5/c1-17-14-25(35-3)29-18(2)26(17)27(32)31-24(28(33)34)12-13-36-22-15-19(16-22)8-10-21-11-9-20-6-4-5-7-23(20)30-21/h9,11,14,19,22,24H,4-8,10,12-13,15-16H2,1-3H3,(H,31,32)(H,33,34)/t19?,22?,24-/m0/s1. The van der Waals surface area contributed by atoms with E-state index in [1.807, 2.05) is 0 Å². The van der Waals surface area contributed by atoms with Crippen LogP contribution < -0.4 is 10.1 Å². The summed E-state index contributed by atoms with van der Waals surface area (Å²) in [4.78, 5) is 33.6. The van der Waals surface area contributed by atoms with Crippen LogP contribution in [-0.4, -0.2) is 52.8 Å². The minimum Gasteiger partial charge on any atom is -0.481 e. The molecule has 36 heavy (non-hydrogen) atoms. The van der Waals surface area contributed by atoms with Crippen molar-refractivity contribution >= 4 is 11.9 Å². The fourth-order valence-corrected chi connectivity index (χ4v) is 5.25. The summed E-state index contributed by atoms with van der Waals surface area (Å²) < 4.78 is 11.1. The predicted molar refractivity (Wildman–Crippen MR) is 135 cm³/mol. The van der Waals surface area contributed by atoms with Gasteiger partial charge in [-0.15, -0.1) is 0 Å². The van der Waals surface area contributed by atoms with Crippen LogP contribution in [0, 0.1) is 19.8 Å². The molecule has 0 aliphatic heterocycles. The summed E-state index contributed by atoms with van der Waals surface area (Å²) in [6.45, 7) is 3.78. The molecule has 1 atom stereocenters. The van der Waals surface area contributed by atoms with Crippen molar-refractivity contribution in [2.45, 2.75) is 83.8 Å². The van der Waals surface area contributed by atoms with Crippen molar-refractivity contribution in [3.8, 4) is 5.88 Å². The largest absolute Gasteiger partial charge is 0.481 e. The predicted octanol–water partition coefficient (Wildman–Crippen LogP) is 3.98. The van der Waals surface area contributed by atoms with Crippen LogP contribution in [0.4, 0.5) is 0 Å². The lowest BCUT2D eigenvalue weighted by Crippen LogP contribution is -2.42. The zero-order chi connectivity index (χ0) is 25.7. The first kappa shape index (κ1) is 26.1. The molecule has 2 aromatic heterocycles. The summed E-state index contributed by atoms with van der Waals surface area (Å²) in [6.07, 6.45) is 9.24. The average molecular weight is 496 g/mol. The Hall–Kier alpha value is -3.00. The average Bonchev–Trinajstić information content (AvgIpc) is 2.83. The summed E-state index contributed by atoms with van der Waals surface area (Å²) in [5, 5.41) is 12.2. The van der Waals surface area contributed by atoms with Gasteiger partial charge in [0.2, 0.25) is 5.88 Å². The van der Waals surface area contributed by atoms with Gasteiger partial charge in [-0.1, -0.05) is 6.07 Å². The molecular weight excluding hydrogens is 458 g/mol. The first-order chi connectivity index (χ1) is 17.3. The maximum atomic E-state index is 12.8. The van der Waals surface area contributed by atoms with Gasteiger partial charge in [-0.3, -0.25) is 9.78 Å². The Morgan fingerprint density at radius 3 is 2.67 bits per heavy atom. The van der Waals surface area contributed by atoms with Crippen molar-refractivity contribution in [1.29, 1.82) is 0 Å². The van der Waals surface area contributed by atoms with Gasteiger partial charge < -0.3 is 19.9 Å². The molecule has 2 aromatic rings. The van der Waals surface area contributed by atoms with Crippen LogP contribution in [0.5, 0.6) is 5.88 Å². The number of hydrogen-bond acceptors (Lipinski definition) is 6. The number of rotatable bonds is 11. The molecule has 2 heterocycles. The van der Waals surface area contributed by atoms with E-state index in [0.29, 0.717) is 35.2 Å². The van der Waals surface area contributed by atoms with E-state index >= 15 is 0 Å². The van der Waals surface area contributed by atoms with Crippen LogP contribution >= 0.6 is 0 Å². The fraction of sp³-hybridized carbons (Fsp3) is 0.571. The summed E-state index contributed by atoms with van der Waals surface area (Å²) in [6, 6.07) is 5.08. The number of ether oxygens (including phenoxy) is 2. The van der Waals surface area contributed by atoms with Gasteiger partial charge in [-0.25, -0.2) is 9.78 Å². The Morgan fingerprint density at radius 2 is 1.94 bits per heavy atom. The first-order valence-corrected chi connectivity index (χ1v) is 13.0. The highest BCUT2D eigenvalue weighted by molar-refractivity contribution is 5.98. The molecule has 0 bridgehead atoms. The fourth-order valence-electron chi connectivity index (χ4n) is 5.25. The SMILES string of the molecule is COc1cc(C)c(C(=O)N[C@@H](CCOC2CC(CCc3ccc4c(n3)CCCC4)C2)C(=O)O)c(C)n1. The number of aliphatic carboxylic acids is 1. The van der Waals surface area contributed by atoms with Crippen molar-refractivity contribution in [3.63, 3.8) is 0 Å². The molecule has 1 amide bonds. The van der Waals surface area contributed by atoms with Gasteiger partial charge in [0.15, 0.2) is 0 Å². The molecular formula is C28H37N3O5. The number of hydrogen-bond donors (Lipinski definition) is 2. The number of carbonyl (C=O) groups excluding carboxylic acids is 1. The van der Waals surface area contributed by atoms with Crippen molar-refractivity contribution in [2.24, 2.45) is 5.92 Å². The number of pyridine rings is 2. The summed E-state index contributed by atoms with van der Waals surface area (Å²) in [7, 11) is 1.51. The van der Waals surface area contributed by atoms with Crippen LogP contribution in [0.3, 0.4) is 0 Å². The number of nitrogens with one attached hydrogen (secondary N) is 1. The Balaban J connectivity index is 1.18. The van der Waals surface area contributed by atoms with Gasteiger partial charge in [0.05, 0.1) is 24.5 Å². The zero-order valence-corrected chi connectivity index (χ0v) is 21.5. The molecule has 0 aromatic carbocycles. The van der Waals surface area contributed by atoms with Gasteiger partial charge in [0, 0.05) is 30.5 Å². The second-order valence-corrected chi connectivity index (χ2v) is 10.1. The molecule has 0 radical (unpaired) electrons. The van der Waals surface area contributed by atoms with Crippen molar-refractivity contribution in [3.05, 3.63) is 52.0 Å². The highest BCUT2D eigenvalue weighted by Crippen LogP contribution is 2.34. The number of carbonyl (C=O) groups is 2. The van der Waals surface area contributed by atoms with Crippen LogP contribution in [0.2, 0.25) is 0 Å². The molecule has 0 unspecified atom stereocenters. The van der Waals surface area contributed by atoms with E-state index in [1.165, 1.54) is 36.9 Å². The Kier molecular flexibility index (Phi) is 8.56. The number of fused-ring (bicyclic) bond motifs is 1. The number of carboxylic acid groups (broad SMARTS) is 1. The van der Waals surface area contributed by atoms with E-state index in [2.05, 4.69) is 22.4 Å². The van der Waals surface area contributed by atoms with Crippen molar-refractivity contribution < 1.29 is 24.2 Å². The minimum absolute atomic E-state index is 0.159. The van der Waals surface area contributed by atoms with E-state index in [1.54, 1.807) is 19.9 Å². The lowest BCUT2D eigenvalue weighted by atomic mass is 9.79. The van der Waals surface area contributed by atoms with Crippen molar-refractivity contribution in [2.75, 3.05) is 13.7 Å². The lowest BCUT2D eigenvalue weighted by Gasteiger charge is -2.35. The summed E-state index contributed by atoms with van der Waals surface area (Å²) in [5.74, 6) is -0.487. The van der Waals surface area contributed by atoms with E-state index in [0.717, 1.165) is 38.5 Å². The van der Waals surface area contributed by atoms with E-state index in [-0.39, 0.29) is 12.5 Å². The van der Waals surface area contributed by atoms with E-state index in [9.17, 15) is 14.7 Å². The van der Waals surface area contributed by atoms with Gasteiger partial charge in [0.1, 0.15) is 6.04 Å². The molecule has 4 rings (SSSR count). The first-order valence-electron chi connectivity index (χ1n) is 13.0. The number of nitrogens with zero attached hydrogens (tertiary/aromatic N) is 2. The third-order valence-corrected chi connectivity index (χ3v) is 7.41. The number of amides is 1. The zero-order valence-electron chi connectivity index (χ0n) is 21.5. The topological polar surface area (TPSA) is 111 Å². The number of aromatic nitrogens is 2. The van der Waals surface area contributed by atoms with E-state index < -0.39 is 17.9 Å². The monoisotopic (exact) mass is 495 g/mol. The highest BCUT2D eigenvalue weighted by Gasteiger charge is 2.30. The Morgan fingerprint density at radius 1 is 1.17 bits per heavy atom. The van der Waals surface area contributed by atoms with E-state index in [4.69, 9.17) is 14.5 Å². The van der Waals surface area contributed by atoms with Crippen LogP contribution in [-0.2, 0) is 28.8 Å².